The number of aryl methyl sites for hydroxylation is 2. The topological polar surface area (TPSA) is 40.5 Å². The van der Waals surface area contributed by atoms with Crippen LogP contribution in [0.4, 0.5) is 0 Å². The minimum Gasteiger partial charge on any atom is -0.508 e. The Morgan fingerprint density at radius 2 is 1.47 bits per heavy atom. The van der Waals surface area contributed by atoms with E-state index in [0.29, 0.717) is 5.56 Å². The lowest BCUT2D eigenvalue weighted by molar-refractivity contribution is 0.215. The maximum Gasteiger partial charge on any atom is 0.121 e. The molecule has 0 amide bonds. The lowest BCUT2D eigenvalue weighted by Gasteiger charge is -2.14. The third-order valence-electron chi connectivity index (χ3n) is 2.87. The Balaban J connectivity index is 2.39. The Labute approximate surface area is 101 Å². The second kappa shape index (κ2) is 4.60. The molecule has 0 radical (unpaired) electrons. The van der Waals surface area contributed by atoms with E-state index >= 15 is 0 Å². The number of phenolic OH excluding ortho intramolecular Hbond substituents is 1. The van der Waals surface area contributed by atoms with E-state index in [1.54, 1.807) is 12.1 Å². The molecular weight excluding hydrogens is 212 g/mol. The van der Waals surface area contributed by atoms with Crippen molar-refractivity contribution in [3.8, 4) is 5.75 Å². The Bertz CT molecular complexity index is 515. The number of rotatable bonds is 2. The standard InChI is InChI=1S/C15H16O2/c1-10-3-6-12(7-4-10)15(17)13-9-11(2)5-8-14(13)16/h3-9,15-17H,1-2H3/t15-/m1/s1. The van der Waals surface area contributed by atoms with Crippen molar-refractivity contribution in [1.29, 1.82) is 0 Å². The zero-order valence-corrected chi connectivity index (χ0v) is 10.0. The van der Waals surface area contributed by atoms with Crippen LogP contribution in [0.25, 0.3) is 0 Å². The Morgan fingerprint density at radius 1 is 0.882 bits per heavy atom. The van der Waals surface area contributed by atoms with E-state index < -0.39 is 6.10 Å². The minimum absolute atomic E-state index is 0.128. The van der Waals surface area contributed by atoms with Crippen LogP contribution in [-0.4, -0.2) is 10.2 Å². The molecular formula is C15H16O2. The highest BCUT2D eigenvalue weighted by molar-refractivity contribution is 5.42. The monoisotopic (exact) mass is 228 g/mol. The maximum atomic E-state index is 10.2. The molecule has 2 heteroatoms. The number of hydrogen-bond acceptors (Lipinski definition) is 2. The first-order valence-corrected chi connectivity index (χ1v) is 5.62. The van der Waals surface area contributed by atoms with Gasteiger partial charge in [-0.15, -0.1) is 0 Å². The van der Waals surface area contributed by atoms with Gasteiger partial charge in [-0.2, -0.15) is 0 Å². The van der Waals surface area contributed by atoms with Gasteiger partial charge in [0.25, 0.3) is 0 Å². The smallest absolute Gasteiger partial charge is 0.121 e. The number of aliphatic hydroxyl groups is 1. The molecule has 17 heavy (non-hydrogen) atoms. The highest BCUT2D eigenvalue weighted by Crippen LogP contribution is 2.29. The van der Waals surface area contributed by atoms with E-state index in [1.165, 1.54) is 0 Å². The summed E-state index contributed by atoms with van der Waals surface area (Å²) in [5.74, 6) is 0.128. The molecule has 0 unspecified atom stereocenters. The van der Waals surface area contributed by atoms with E-state index in [4.69, 9.17) is 0 Å². The first kappa shape index (κ1) is 11.7. The van der Waals surface area contributed by atoms with Crippen LogP contribution < -0.4 is 0 Å². The molecule has 88 valence electrons. The summed E-state index contributed by atoms with van der Waals surface area (Å²) in [5.41, 5.74) is 3.50. The van der Waals surface area contributed by atoms with Gasteiger partial charge in [0.1, 0.15) is 11.9 Å². The van der Waals surface area contributed by atoms with Crippen molar-refractivity contribution in [2.24, 2.45) is 0 Å². The molecule has 0 aromatic heterocycles. The van der Waals surface area contributed by atoms with Crippen molar-refractivity contribution in [3.05, 3.63) is 64.7 Å². The SMILES string of the molecule is Cc1ccc([C@@H](O)c2cc(C)ccc2O)cc1. The third-order valence-corrected chi connectivity index (χ3v) is 2.87. The van der Waals surface area contributed by atoms with Gasteiger partial charge in [-0.3, -0.25) is 0 Å². The number of benzene rings is 2. The van der Waals surface area contributed by atoms with Crippen LogP contribution in [0, 0.1) is 13.8 Å². The van der Waals surface area contributed by atoms with Crippen molar-refractivity contribution in [1.82, 2.24) is 0 Å². The Hall–Kier alpha value is -1.80. The summed E-state index contributed by atoms with van der Waals surface area (Å²) in [6, 6.07) is 12.9. The number of phenols is 1. The molecule has 2 N–H and O–H groups in total. The van der Waals surface area contributed by atoms with Gasteiger partial charge in [-0.25, -0.2) is 0 Å². The van der Waals surface area contributed by atoms with Crippen LogP contribution in [-0.2, 0) is 0 Å². The highest BCUT2D eigenvalue weighted by Gasteiger charge is 2.14. The minimum atomic E-state index is -0.782. The molecule has 0 aliphatic heterocycles. The third kappa shape index (κ3) is 2.48. The second-order valence-electron chi connectivity index (χ2n) is 4.38. The van der Waals surface area contributed by atoms with Gasteiger partial charge in [0.2, 0.25) is 0 Å². The number of aromatic hydroxyl groups is 1. The molecule has 0 fully saturated rings. The first-order chi connectivity index (χ1) is 8.08. The van der Waals surface area contributed by atoms with E-state index in [-0.39, 0.29) is 5.75 Å². The van der Waals surface area contributed by atoms with Gasteiger partial charge >= 0.3 is 0 Å². The van der Waals surface area contributed by atoms with Gasteiger partial charge < -0.3 is 10.2 Å². The maximum absolute atomic E-state index is 10.2. The quantitative estimate of drug-likeness (QED) is 0.829. The summed E-state index contributed by atoms with van der Waals surface area (Å²) < 4.78 is 0. The van der Waals surface area contributed by atoms with Crippen LogP contribution >= 0.6 is 0 Å². The van der Waals surface area contributed by atoms with Gasteiger partial charge in [-0.05, 0) is 31.5 Å². The normalized spacial score (nSPS) is 12.4. The first-order valence-electron chi connectivity index (χ1n) is 5.62. The van der Waals surface area contributed by atoms with Crippen molar-refractivity contribution in [3.63, 3.8) is 0 Å². The number of aliphatic hydroxyl groups excluding tert-OH is 1. The fraction of sp³-hybridized carbons (Fsp3) is 0.200. The molecule has 0 bridgehead atoms. The predicted octanol–water partition coefficient (Wildman–Crippen LogP) is 3.09. The summed E-state index contributed by atoms with van der Waals surface area (Å²) in [6.07, 6.45) is -0.782. The highest BCUT2D eigenvalue weighted by atomic mass is 16.3. The van der Waals surface area contributed by atoms with Crippen LogP contribution in [0.5, 0.6) is 5.75 Å². The Kier molecular flexibility index (Phi) is 3.16. The van der Waals surface area contributed by atoms with E-state index in [9.17, 15) is 10.2 Å². The molecule has 0 spiro atoms. The summed E-state index contributed by atoms with van der Waals surface area (Å²) in [5, 5.41) is 20.0. The van der Waals surface area contributed by atoms with Crippen molar-refractivity contribution in [2.75, 3.05) is 0 Å². The van der Waals surface area contributed by atoms with Crippen LogP contribution in [0.2, 0.25) is 0 Å². The molecule has 0 heterocycles. The van der Waals surface area contributed by atoms with Gasteiger partial charge in [0.15, 0.2) is 0 Å². The van der Waals surface area contributed by atoms with Gasteiger partial charge in [0, 0.05) is 5.56 Å². The fourth-order valence-electron chi connectivity index (χ4n) is 1.82. The van der Waals surface area contributed by atoms with Crippen LogP contribution in [0.1, 0.15) is 28.4 Å². The molecule has 2 aromatic rings. The van der Waals surface area contributed by atoms with E-state index in [1.807, 2.05) is 44.2 Å². The molecule has 2 rings (SSSR count). The van der Waals surface area contributed by atoms with E-state index in [0.717, 1.165) is 16.7 Å². The van der Waals surface area contributed by atoms with Gasteiger partial charge in [0.05, 0.1) is 0 Å². The molecule has 0 saturated carbocycles. The zero-order valence-electron chi connectivity index (χ0n) is 10.0. The van der Waals surface area contributed by atoms with Crippen molar-refractivity contribution >= 4 is 0 Å². The Morgan fingerprint density at radius 3 is 2.12 bits per heavy atom. The summed E-state index contributed by atoms with van der Waals surface area (Å²) >= 11 is 0. The van der Waals surface area contributed by atoms with Gasteiger partial charge in [-0.1, -0.05) is 41.5 Å². The fourth-order valence-corrected chi connectivity index (χ4v) is 1.82. The lowest BCUT2D eigenvalue weighted by Crippen LogP contribution is -2.00. The van der Waals surface area contributed by atoms with Crippen molar-refractivity contribution < 1.29 is 10.2 Å². The predicted molar refractivity (Wildman–Crippen MR) is 68.1 cm³/mol. The average molecular weight is 228 g/mol. The molecule has 2 nitrogen and oxygen atoms in total. The largest absolute Gasteiger partial charge is 0.508 e. The molecule has 2 aromatic carbocycles. The van der Waals surface area contributed by atoms with Crippen LogP contribution in [0.15, 0.2) is 42.5 Å². The molecule has 0 aliphatic carbocycles. The molecule has 1 atom stereocenters. The molecule has 0 saturated heterocycles. The summed E-state index contributed by atoms with van der Waals surface area (Å²) in [7, 11) is 0. The second-order valence-corrected chi connectivity index (χ2v) is 4.38. The summed E-state index contributed by atoms with van der Waals surface area (Å²) in [6.45, 7) is 3.94. The van der Waals surface area contributed by atoms with Crippen molar-refractivity contribution in [2.45, 2.75) is 20.0 Å². The number of hydrogen-bond donors (Lipinski definition) is 2. The zero-order chi connectivity index (χ0) is 12.4. The lowest BCUT2D eigenvalue weighted by atomic mass is 9.98. The summed E-state index contributed by atoms with van der Waals surface area (Å²) in [4.78, 5) is 0. The average Bonchev–Trinajstić information content (AvgIpc) is 2.32. The van der Waals surface area contributed by atoms with Crippen LogP contribution in [0.3, 0.4) is 0 Å². The molecule has 0 aliphatic rings. The van der Waals surface area contributed by atoms with E-state index in [2.05, 4.69) is 0 Å².